The van der Waals surface area contributed by atoms with Crippen LogP contribution in [0, 0.1) is 6.92 Å². The molecule has 1 aliphatic heterocycles. The van der Waals surface area contributed by atoms with E-state index < -0.39 is 0 Å². The second-order valence-corrected chi connectivity index (χ2v) is 9.37. The number of aryl methyl sites for hydroxylation is 1. The molecule has 0 bridgehead atoms. The highest BCUT2D eigenvalue weighted by Gasteiger charge is 2.25. The summed E-state index contributed by atoms with van der Waals surface area (Å²) < 4.78 is 11.9. The topological polar surface area (TPSA) is 103 Å². The van der Waals surface area contributed by atoms with Crippen LogP contribution < -0.4 is 20.3 Å². The van der Waals surface area contributed by atoms with Crippen molar-refractivity contribution >= 4 is 39.1 Å². The highest BCUT2D eigenvalue weighted by molar-refractivity contribution is 7.20. The summed E-state index contributed by atoms with van der Waals surface area (Å²) in [6.07, 6.45) is 4.44. The number of hydrogen-bond acceptors (Lipinski definition) is 7. The van der Waals surface area contributed by atoms with Crippen LogP contribution in [-0.2, 0) is 11.3 Å². The molecule has 9 nitrogen and oxygen atoms in total. The second kappa shape index (κ2) is 9.84. The highest BCUT2D eigenvalue weighted by Crippen LogP contribution is 2.32. The van der Waals surface area contributed by atoms with Crippen molar-refractivity contribution in [3.8, 4) is 11.5 Å². The third-order valence-electron chi connectivity index (χ3n) is 6.21. The monoisotopic (exact) mass is 484 g/mol. The van der Waals surface area contributed by atoms with E-state index in [9.17, 15) is 14.4 Å². The maximum Gasteiger partial charge on any atom is 0.266 e. The van der Waals surface area contributed by atoms with Crippen molar-refractivity contribution in [2.24, 2.45) is 0 Å². The molecule has 1 saturated heterocycles. The fourth-order valence-corrected chi connectivity index (χ4v) is 5.32. The number of aromatic nitrogens is 2. The van der Waals surface area contributed by atoms with Gasteiger partial charge in [0.1, 0.15) is 22.9 Å². The Labute approximate surface area is 201 Å². The number of carbonyl (C=O) groups is 2. The molecular weight excluding hydrogens is 456 g/mol. The standard InChI is InChI=1S/C24H28N4O5S/c1-14-7-5-6-10-28(14)19(29)12-27-13-25-23-20(24(27)31)15(2)21(34-23)22(30)26-17-11-16(32-3)8-9-18(17)33-4/h8-9,11,13-14H,5-7,10,12H2,1-4H3,(H,26,30)/t14-/m1/s1. The predicted octanol–water partition coefficient (Wildman–Crippen LogP) is 3.44. The number of anilines is 1. The minimum atomic E-state index is -0.378. The van der Waals surface area contributed by atoms with Gasteiger partial charge >= 0.3 is 0 Å². The first-order valence-electron chi connectivity index (χ1n) is 11.2. The van der Waals surface area contributed by atoms with Gasteiger partial charge in [0.25, 0.3) is 11.5 Å². The molecule has 0 radical (unpaired) electrons. The number of fused-ring (bicyclic) bond motifs is 1. The van der Waals surface area contributed by atoms with Crippen LogP contribution in [0.15, 0.2) is 29.3 Å². The van der Waals surface area contributed by atoms with Crippen LogP contribution in [0.25, 0.3) is 10.2 Å². The number of likely N-dealkylation sites (tertiary alicyclic amines) is 1. The lowest BCUT2D eigenvalue weighted by Crippen LogP contribution is -2.44. The first-order chi connectivity index (χ1) is 16.3. The Morgan fingerprint density at radius 2 is 2.03 bits per heavy atom. The van der Waals surface area contributed by atoms with Crippen LogP contribution >= 0.6 is 11.3 Å². The van der Waals surface area contributed by atoms with Crippen molar-refractivity contribution < 1.29 is 19.1 Å². The smallest absolute Gasteiger partial charge is 0.266 e. The molecular formula is C24H28N4O5S. The Morgan fingerprint density at radius 1 is 1.24 bits per heavy atom. The average Bonchev–Trinajstić information content (AvgIpc) is 3.18. The van der Waals surface area contributed by atoms with E-state index in [4.69, 9.17) is 9.47 Å². The first kappa shape index (κ1) is 23.7. The van der Waals surface area contributed by atoms with Gasteiger partial charge in [-0.25, -0.2) is 4.98 Å². The molecule has 2 amide bonds. The summed E-state index contributed by atoms with van der Waals surface area (Å²) in [5, 5.41) is 3.19. The van der Waals surface area contributed by atoms with Gasteiger partial charge in [-0.1, -0.05) is 0 Å². The van der Waals surface area contributed by atoms with Crippen molar-refractivity contribution in [2.45, 2.75) is 45.7 Å². The van der Waals surface area contributed by atoms with Crippen LogP contribution in [0.2, 0.25) is 0 Å². The quantitative estimate of drug-likeness (QED) is 0.575. The molecule has 1 aromatic carbocycles. The maximum absolute atomic E-state index is 13.2. The molecule has 1 aliphatic rings. The summed E-state index contributed by atoms with van der Waals surface area (Å²) in [6.45, 7) is 4.40. The van der Waals surface area contributed by atoms with Crippen molar-refractivity contribution in [1.29, 1.82) is 0 Å². The van der Waals surface area contributed by atoms with E-state index in [0.29, 0.717) is 44.4 Å². The van der Waals surface area contributed by atoms with Crippen LogP contribution in [-0.4, -0.2) is 53.1 Å². The van der Waals surface area contributed by atoms with Crippen molar-refractivity contribution in [2.75, 3.05) is 26.1 Å². The van der Waals surface area contributed by atoms with Gasteiger partial charge in [-0.05, 0) is 50.8 Å². The van der Waals surface area contributed by atoms with E-state index in [0.717, 1.165) is 30.6 Å². The molecule has 0 aliphatic carbocycles. The molecule has 3 aromatic rings. The second-order valence-electron chi connectivity index (χ2n) is 8.37. The van der Waals surface area contributed by atoms with Gasteiger partial charge in [-0.3, -0.25) is 19.0 Å². The normalized spacial score (nSPS) is 15.9. The molecule has 1 atom stereocenters. The van der Waals surface area contributed by atoms with Crippen LogP contribution in [0.1, 0.15) is 41.4 Å². The minimum absolute atomic E-state index is 0.0655. The Morgan fingerprint density at radius 3 is 2.74 bits per heavy atom. The number of benzene rings is 1. The molecule has 0 saturated carbocycles. The molecule has 3 heterocycles. The number of methoxy groups -OCH3 is 2. The number of nitrogens with one attached hydrogen (secondary N) is 1. The SMILES string of the molecule is COc1ccc(OC)c(NC(=O)c2sc3ncn(CC(=O)N4CCCC[C@H]4C)c(=O)c3c2C)c1. The summed E-state index contributed by atoms with van der Waals surface area (Å²) >= 11 is 1.14. The van der Waals surface area contributed by atoms with Gasteiger partial charge in [-0.2, -0.15) is 0 Å². The molecule has 2 aromatic heterocycles. The summed E-state index contributed by atoms with van der Waals surface area (Å²) in [7, 11) is 3.05. The number of carbonyl (C=O) groups excluding carboxylic acids is 2. The first-order valence-corrected chi connectivity index (χ1v) is 12.0. The number of ether oxygens (including phenoxy) is 2. The van der Waals surface area contributed by atoms with Crippen LogP contribution in [0.4, 0.5) is 5.69 Å². The molecule has 1 fully saturated rings. The fourth-order valence-electron chi connectivity index (χ4n) is 4.28. The van der Waals surface area contributed by atoms with Gasteiger partial charge in [0.15, 0.2) is 0 Å². The number of nitrogens with zero attached hydrogens (tertiary/aromatic N) is 3. The number of rotatable bonds is 6. The van der Waals surface area contributed by atoms with E-state index in [1.165, 1.54) is 25.1 Å². The third kappa shape index (κ3) is 4.50. The fraction of sp³-hybridized carbons (Fsp3) is 0.417. The number of hydrogen-bond donors (Lipinski definition) is 1. The van der Waals surface area contributed by atoms with Gasteiger partial charge in [0, 0.05) is 18.7 Å². The molecule has 10 heteroatoms. The molecule has 0 unspecified atom stereocenters. The molecule has 4 rings (SSSR count). The van der Waals surface area contributed by atoms with Crippen LogP contribution in [0.5, 0.6) is 11.5 Å². The largest absolute Gasteiger partial charge is 0.497 e. The summed E-state index contributed by atoms with van der Waals surface area (Å²) in [6, 6.07) is 5.27. The predicted molar refractivity (Wildman–Crippen MR) is 131 cm³/mol. The lowest BCUT2D eigenvalue weighted by atomic mass is 10.0. The Kier molecular flexibility index (Phi) is 6.87. The van der Waals surface area contributed by atoms with Gasteiger partial charge in [0.05, 0.1) is 36.5 Å². The van der Waals surface area contributed by atoms with E-state index >= 15 is 0 Å². The van der Waals surface area contributed by atoms with Crippen molar-refractivity contribution in [1.82, 2.24) is 14.5 Å². The highest BCUT2D eigenvalue weighted by atomic mass is 32.1. The van der Waals surface area contributed by atoms with Crippen LogP contribution in [0.3, 0.4) is 0 Å². The number of amides is 2. The Balaban J connectivity index is 1.62. The van der Waals surface area contributed by atoms with E-state index in [1.54, 1.807) is 25.1 Å². The van der Waals surface area contributed by atoms with Crippen molar-refractivity contribution in [3.05, 3.63) is 45.3 Å². The zero-order valence-electron chi connectivity index (χ0n) is 19.7. The summed E-state index contributed by atoms with van der Waals surface area (Å²) in [4.78, 5) is 46.2. The maximum atomic E-state index is 13.2. The lowest BCUT2D eigenvalue weighted by molar-refractivity contribution is -0.135. The molecule has 180 valence electrons. The minimum Gasteiger partial charge on any atom is -0.497 e. The molecule has 1 N–H and O–H groups in total. The lowest BCUT2D eigenvalue weighted by Gasteiger charge is -2.33. The Bertz CT molecular complexity index is 1300. The molecule has 34 heavy (non-hydrogen) atoms. The van der Waals surface area contributed by atoms with E-state index in [2.05, 4.69) is 10.3 Å². The van der Waals surface area contributed by atoms with E-state index in [-0.39, 0.29) is 30.0 Å². The number of thiophene rings is 1. The van der Waals surface area contributed by atoms with E-state index in [1.807, 2.05) is 11.8 Å². The number of piperidine rings is 1. The Hall–Kier alpha value is -3.40. The zero-order valence-corrected chi connectivity index (χ0v) is 20.5. The summed E-state index contributed by atoms with van der Waals surface area (Å²) in [5.74, 6) is 0.586. The third-order valence-corrected chi connectivity index (χ3v) is 7.41. The summed E-state index contributed by atoms with van der Waals surface area (Å²) in [5.41, 5.74) is 0.662. The van der Waals surface area contributed by atoms with Gasteiger partial charge in [0.2, 0.25) is 5.91 Å². The van der Waals surface area contributed by atoms with Crippen molar-refractivity contribution in [3.63, 3.8) is 0 Å². The van der Waals surface area contributed by atoms with Gasteiger partial charge < -0.3 is 19.7 Å². The zero-order chi connectivity index (χ0) is 24.4. The van der Waals surface area contributed by atoms with Gasteiger partial charge in [-0.15, -0.1) is 11.3 Å². The molecule has 0 spiro atoms. The average molecular weight is 485 g/mol.